The zero-order valence-electron chi connectivity index (χ0n) is 19.3. The molecule has 5 rings (SSSR count). The Kier molecular flexibility index (Phi) is 5.30. The van der Waals surface area contributed by atoms with Crippen molar-refractivity contribution in [3.05, 3.63) is 81.2 Å². The summed E-state index contributed by atoms with van der Waals surface area (Å²) in [6, 6.07) is 17.1. The van der Waals surface area contributed by atoms with Crippen LogP contribution in [0.2, 0.25) is 0 Å². The first-order valence-corrected chi connectivity index (χ1v) is 11.3. The van der Waals surface area contributed by atoms with Crippen molar-refractivity contribution in [3.63, 3.8) is 0 Å². The third-order valence-electron chi connectivity index (χ3n) is 6.73. The molecule has 1 saturated carbocycles. The second-order valence-corrected chi connectivity index (χ2v) is 9.17. The van der Waals surface area contributed by atoms with E-state index < -0.39 is 0 Å². The number of hydrogen-bond acceptors (Lipinski definition) is 3. The number of fused-ring (bicyclic) bond motifs is 1. The van der Waals surface area contributed by atoms with Gasteiger partial charge in [-0.2, -0.15) is 0 Å². The topological polar surface area (TPSA) is 27.7 Å². The van der Waals surface area contributed by atoms with Crippen LogP contribution in [0, 0.1) is 26.2 Å². The molecule has 3 nitrogen and oxygen atoms in total. The summed E-state index contributed by atoms with van der Waals surface area (Å²) in [5, 5.41) is 2.66. The van der Waals surface area contributed by atoms with E-state index in [1.165, 1.54) is 56.7 Å². The van der Waals surface area contributed by atoms with Crippen molar-refractivity contribution in [2.45, 2.75) is 40.2 Å². The first-order chi connectivity index (χ1) is 15.5. The van der Waals surface area contributed by atoms with Crippen LogP contribution in [0.3, 0.4) is 0 Å². The molecule has 2 aliphatic carbocycles. The van der Waals surface area contributed by atoms with Crippen molar-refractivity contribution < 1.29 is 14.2 Å². The van der Waals surface area contributed by atoms with Crippen LogP contribution >= 0.6 is 0 Å². The predicted octanol–water partition coefficient (Wildman–Crippen LogP) is 5.20. The van der Waals surface area contributed by atoms with Crippen LogP contribution in [0.25, 0.3) is 23.3 Å². The van der Waals surface area contributed by atoms with Crippen molar-refractivity contribution in [2.75, 3.05) is 13.9 Å². The quantitative estimate of drug-likeness (QED) is 0.486. The molecule has 1 spiro atoms. The van der Waals surface area contributed by atoms with Crippen LogP contribution in [0.15, 0.2) is 48.5 Å². The standard InChI is InChI=1S/C29H30O3/c1-19-12-26(32-18-30-4)13-20(2)28(19)27-7-5-6-23(21(27)3)17-31-25-9-8-22-15-29(10-11-29)16-24(22)14-25/h5-9,12-16H,10-11,17-18H2,1-4H3. The molecular weight excluding hydrogens is 396 g/mol. The number of rotatable bonds is 7. The molecule has 32 heavy (non-hydrogen) atoms. The Morgan fingerprint density at radius 3 is 2.28 bits per heavy atom. The Bertz CT molecular complexity index is 1280. The van der Waals surface area contributed by atoms with Crippen LogP contribution < -0.4 is 19.9 Å². The van der Waals surface area contributed by atoms with Gasteiger partial charge < -0.3 is 14.2 Å². The lowest BCUT2D eigenvalue weighted by molar-refractivity contribution is 0.0511. The van der Waals surface area contributed by atoms with Crippen molar-refractivity contribution in [1.82, 2.24) is 0 Å². The molecular formula is C29H30O3. The summed E-state index contributed by atoms with van der Waals surface area (Å²) in [6.45, 7) is 7.26. The van der Waals surface area contributed by atoms with Gasteiger partial charge in [0.15, 0.2) is 6.79 Å². The number of hydrogen-bond donors (Lipinski definition) is 0. The molecule has 164 valence electrons. The van der Waals surface area contributed by atoms with Gasteiger partial charge in [-0.25, -0.2) is 0 Å². The van der Waals surface area contributed by atoms with Crippen molar-refractivity contribution in [3.8, 4) is 22.6 Å². The van der Waals surface area contributed by atoms with Crippen molar-refractivity contribution >= 4 is 12.2 Å². The van der Waals surface area contributed by atoms with Crippen LogP contribution in [-0.4, -0.2) is 13.9 Å². The van der Waals surface area contributed by atoms with Gasteiger partial charge in [0.2, 0.25) is 0 Å². The Hall–Kier alpha value is -3.04. The zero-order chi connectivity index (χ0) is 22.3. The normalized spacial score (nSPS) is 15.1. The molecule has 0 unspecified atom stereocenters. The summed E-state index contributed by atoms with van der Waals surface area (Å²) < 4.78 is 16.9. The Labute approximate surface area is 190 Å². The minimum absolute atomic E-state index is 0.254. The summed E-state index contributed by atoms with van der Waals surface area (Å²) in [6.07, 6.45) is 7.38. The number of methoxy groups -OCH3 is 1. The fraction of sp³-hybridized carbons (Fsp3) is 0.310. The Balaban J connectivity index is 1.39. The van der Waals surface area contributed by atoms with E-state index >= 15 is 0 Å². The van der Waals surface area contributed by atoms with Gasteiger partial charge in [-0.05, 0) is 102 Å². The lowest BCUT2D eigenvalue weighted by Gasteiger charge is -2.17. The highest BCUT2D eigenvalue weighted by atomic mass is 16.7. The van der Waals surface area contributed by atoms with Gasteiger partial charge in [-0.15, -0.1) is 0 Å². The smallest absolute Gasteiger partial charge is 0.188 e. The third kappa shape index (κ3) is 3.93. The molecule has 0 radical (unpaired) electrons. The van der Waals surface area contributed by atoms with Gasteiger partial charge >= 0.3 is 0 Å². The minimum Gasteiger partial charge on any atom is -0.489 e. The first kappa shape index (κ1) is 20.8. The maximum Gasteiger partial charge on any atom is 0.188 e. The van der Waals surface area contributed by atoms with E-state index in [0.29, 0.717) is 12.0 Å². The molecule has 0 aliphatic heterocycles. The average Bonchev–Trinajstić information content (AvgIpc) is 3.41. The van der Waals surface area contributed by atoms with E-state index in [-0.39, 0.29) is 6.79 Å². The highest BCUT2D eigenvalue weighted by molar-refractivity contribution is 5.75. The number of benzene rings is 3. The lowest BCUT2D eigenvalue weighted by Crippen LogP contribution is -2.20. The summed E-state index contributed by atoms with van der Waals surface area (Å²) in [4.78, 5) is 0. The van der Waals surface area contributed by atoms with E-state index in [4.69, 9.17) is 14.2 Å². The molecule has 1 fully saturated rings. The minimum atomic E-state index is 0.254. The largest absolute Gasteiger partial charge is 0.489 e. The van der Waals surface area contributed by atoms with E-state index in [0.717, 1.165) is 11.5 Å². The van der Waals surface area contributed by atoms with E-state index in [1.807, 2.05) is 0 Å². The molecule has 0 bridgehead atoms. The molecule has 0 atom stereocenters. The number of ether oxygens (including phenoxy) is 3. The molecule has 0 aromatic heterocycles. The maximum absolute atomic E-state index is 6.23. The van der Waals surface area contributed by atoms with Crippen LogP contribution in [0.4, 0.5) is 0 Å². The molecule has 3 aromatic carbocycles. The zero-order valence-corrected chi connectivity index (χ0v) is 19.3. The van der Waals surface area contributed by atoms with Gasteiger partial charge in [0.25, 0.3) is 0 Å². The lowest BCUT2D eigenvalue weighted by atomic mass is 9.90. The van der Waals surface area contributed by atoms with E-state index in [1.54, 1.807) is 7.11 Å². The predicted molar refractivity (Wildman–Crippen MR) is 129 cm³/mol. The van der Waals surface area contributed by atoms with E-state index in [9.17, 15) is 0 Å². The van der Waals surface area contributed by atoms with Gasteiger partial charge in [0, 0.05) is 12.5 Å². The van der Waals surface area contributed by atoms with Crippen LogP contribution in [-0.2, 0) is 11.3 Å². The summed E-state index contributed by atoms with van der Waals surface area (Å²) in [5.41, 5.74) is 7.69. The SMILES string of the molecule is COCOc1cc(C)c(-c2cccc(COc3ccc4c(c3)=CC3(C=4)CC3)c2C)c(C)c1. The summed E-state index contributed by atoms with van der Waals surface area (Å²) in [7, 11) is 1.63. The molecule has 3 heteroatoms. The molecule has 2 aliphatic rings. The average molecular weight is 427 g/mol. The van der Waals surface area contributed by atoms with E-state index in [2.05, 4.69) is 81.5 Å². The Morgan fingerprint density at radius 2 is 1.56 bits per heavy atom. The monoisotopic (exact) mass is 426 g/mol. The molecule has 0 N–H and O–H groups in total. The molecule has 0 heterocycles. The second-order valence-electron chi connectivity index (χ2n) is 9.17. The summed E-state index contributed by atoms with van der Waals surface area (Å²) >= 11 is 0. The van der Waals surface area contributed by atoms with Crippen molar-refractivity contribution in [2.24, 2.45) is 5.41 Å². The van der Waals surface area contributed by atoms with Gasteiger partial charge in [0.1, 0.15) is 18.1 Å². The van der Waals surface area contributed by atoms with Gasteiger partial charge in [0.05, 0.1) is 0 Å². The summed E-state index contributed by atoms with van der Waals surface area (Å²) in [5.74, 6) is 1.77. The van der Waals surface area contributed by atoms with Crippen LogP contribution in [0.1, 0.15) is 35.1 Å². The maximum atomic E-state index is 6.23. The number of aryl methyl sites for hydroxylation is 2. The fourth-order valence-corrected chi connectivity index (χ4v) is 4.82. The van der Waals surface area contributed by atoms with Crippen LogP contribution in [0.5, 0.6) is 11.5 Å². The van der Waals surface area contributed by atoms with Gasteiger partial charge in [-0.3, -0.25) is 0 Å². The highest BCUT2D eigenvalue weighted by Gasteiger charge is 2.39. The molecule has 3 aromatic rings. The van der Waals surface area contributed by atoms with Gasteiger partial charge in [-0.1, -0.05) is 36.4 Å². The van der Waals surface area contributed by atoms with Crippen molar-refractivity contribution in [1.29, 1.82) is 0 Å². The fourth-order valence-electron chi connectivity index (χ4n) is 4.82. The third-order valence-corrected chi connectivity index (χ3v) is 6.73. The first-order valence-electron chi connectivity index (χ1n) is 11.3. The molecule has 0 saturated heterocycles. The Morgan fingerprint density at radius 1 is 0.812 bits per heavy atom. The highest BCUT2D eigenvalue weighted by Crippen LogP contribution is 2.49. The second kappa shape index (κ2) is 8.14. The molecule has 0 amide bonds.